The van der Waals surface area contributed by atoms with Crippen molar-refractivity contribution in [1.29, 1.82) is 0 Å². The molecule has 1 unspecified atom stereocenters. The fourth-order valence-corrected chi connectivity index (χ4v) is 2.21. The minimum Gasteiger partial charge on any atom is -0.466 e. The summed E-state index contributed by atoms with van der Waals surface area (Å²) in [5, 5.41) is 12.3. The van der Waals surface area contributed by atoms with Gasteiger partial charge in [-0.2, -0.15) is 18.6 Å². The Balaban J connectivity index is 2.34. The number of carbonyl (C=O) groups is 2. The summed E-state index contributed by atoms with van der Waals surface area (Å²) < 4.78 is 45.8. The highest BCUT2D eigenvalue weighted by atomic mass is 19.4. The van der Waals surface area contributed by atoms with Gasteiger partial charge in [-0.1, -0.05) is 18.2 Å². The molecule has 9 nitrogen and oxygen atoms in total. The van der Waals surface area contributed by atoms with Crippen molar-refractivity contribution in [2.45, 2.75) is 11.8 Å². The Labute approximate surface area is 162 Å². The second kappa shape index (κ2) is 8.56. The predicted molar refractivity (Wildman–Crippen MR) is 94.6 cm³/mol. The van der Waals surface area contributed by atoms with Crippen LogP contribution in [0.3, 0.4) is 0 Å². The number of hydrogen-bond acceptors (Lipinski definition) is 7. The van der Waals surface area contributed by atoms with Gasteiger partial charge in [0.05, 0.1) is 12.0 Å². The summed E-state index contributed by atoms with van der Waals surface area (Å²) in [4.78, 5) is 34.3. The number of nitrogens with one attached hydrogen (secondary N) is 3. The molecule has 154 valence electrons. The maximum Gasteiger partial charge on any atom is 0.438 e. The molecule has 0 fully saturated rings. The lowest BCUT2D eigenvalue weighted by Crippen LogP contribution is -2.73. The van der Waals surface area contributed by atoms with Crippen molar-refractivity contribution >= 4 is 23.3 Å². The summed E-state index contributed by atoms with van der Waals surface area (Å²) >= 11 is 0. The second-order valence-corrected chi connectivity index (χ2v) is 5.61. The van der Waals surface area contributed by atoms with Crippen molar-refractivity contribution in [3.63, 3.8) is 0 Å². The van der Waals surface area contributed by atoms with Crippen LogP contribution in [0.15, 0.2) is 54.6 Å². The van der Waals surface area contributed by atoms with E-state index >= 15 is 0 Å². The van der Waals surface area contributed by atoms with Crippen molar-refractivity contribution in [1.82, 2.24) is 10.7 Å². The zero-order valence-corrected chi connectivity index (χ0v) is 14.8. The van der Waals surface area contributed by atoms with E-state index in [1.807, 2.05) is 0 Å². The highest BCUT2D eigenvalue weighted by molar-refractivity contribution is 5.98. The molecule has 0 radical (unpaired) electrons. The first kappa shape index (κ1) is 21.6. The predicted octanol–water partition coefficient (Wildman–Crippen LogP) is 2.37. The van der Waals surface area contributed by atoms with Gasteiger partial charge in [-0.15, -0.1) is 0 Å². The van der Waals surface area contributed by atoms with Crippen LogP contribution in [0.4, 0.5) is 24.5 Å². The summed E-state index contributed by atoms with van der Waals surface area (Å²) in [6.07, 6.45) is -5.32. The summed E-state index contributed by atoms with van der Waals surface area (Å²) in [6, 6.07) is 11.3. The standard InChI is InChI=1S/C17H15F3N4O5/c1-29-15(26)16(17(18,19)20,21-14(25)11-5-3-2-4-6-11)23-22-12-7-9-13(10-8-12)24(27)28/h2-10,22-23H,1H3,(H,21,25). The molecule has 2 rings (SSSR count). The Kier molecular flexibility index (Phi) is 6.38. The molecule has 29 heavy (non-hydrogen) atoms. The van der Waals surface area contributed by atoms with E-state index < -0.39 is 28.6 Å². The number of carbonyl (C=O) groups excluding carboxylic acids is 2. The molecule has 0 aliphatic rings. The number of benzene rings is 2. The minimum atomic E-state index is -5.32. The molecule has 1 atom stereocenters. The van der Waals surface area contributed by atoms with Gasteiger partial charge in [0, 0.05) is 23.4 Å². The lowest BCUT2D eigenvalue weighted by atomic mass is 10.1. The van der Waals surface area contributed by atoms with E-state index in [0.29, 0.717) is 0 Å². The molecule has 0 aliphatic heterocycles. The SMILES string of the molecule is COC(=O)C(NNc1ccc([N+](=O)[O-])cc1)(NC(=O)c1ccccc1)C(F)(F)F. The van der Waals surface area contributed by atoms with Gasteiger partial charge in [0.2, 0.25) is 0 Å². The third-order valence-electron chi connectivity index (χ3n) is 3.73. The Morgan fingerprint density at radius 2 is 1.62 bits per heavy atom. The maximum atomic E-state index is 13.9. The lowest BCUT2D eigenvalue weighted by molar-refractivity contribution is -0.384. The fourth-order valence-electron chi connectivity index (χ4n) is 2.21. The van der Waals surface area contributed by atoms with Crippen LogP contribution in [0, 0.1) is 10.1 Å². The average molecular weight is 412 g/mol. The molecular formula is C17H15F3N4O5. The van der Waals surface area contributed by atoms with E-state index in [9.17, 15) is 32.9 Å². The highest BCUT2D eigenvalue weighted by Gasteiger charge is 2.63. The molecule has 0 saturated carbocycles. The molecule has 1 amide bonds. The molecular weight excluding hydrogens is 397 g/mol. The van der Waals surface area contributed by atoms with E-state index in [1.165, 1.54) is 24.3 Å². The topological polar surface area (TPSA) is 123 Å². The number of nitro benzene ring substituents is 1. The van der Waals surface area contributed by atoms with Gasteiger partial charge in [0.25, 0.3) is 11.6 Å². The quantitative estimate of drug-likeness (QED) is 0.276. The number of halogens is 3. The van der Waals surface area contributed by atoms with Gasteiger partial charge in [0.1, 0.15) is 0 Å². The smallest absolute Gasteiger partial charge is 0.438 e. The summed E-state index contributed by atoms with van der Waals surface area (Å²) in [5.74, 6) is -3.02. The van der Waals surface area contributed by atoms with Crippen molar-refractivity contribution in [3.8, 4) is 0 Å². The van der Waals surface area contributed by atoms with Crippen LogP contribution in [0.1, 0.15) is 10.4 Å². The molecule has 0 bridgehead atoms. The number of anilines is 1. The van der Waals surface area contributed by atoms with E-state index in [2.05, 4.69) is 10.2 Å². The van der Waals surface area contributed by atoms with Crippen molar-refractivity contribution < 1.29 is 32.4 Å². The first-order valence-corrected chi connectivity index (χ1v) is 7.91. The zero-order chi connectivity index (χ0) is 21.7. The molecule has 12 heteroatoms. The third kappa shape index (κ3) is 4.79. The number of nitro groups is 1. The minimum absolute atomic E-state index is 0.0397. The molecule has 2 aromatic rings. The van der Waals surface area contributed by atoms with Crippen LogP contribution in [0.5, 0.6) is 0 Å². The van der Waals surface area contributed by atoms with Gasteiger partial charge >= 0.3 is 17.8 Å². The van der Waals surface area contributed by atoms with E-state index in [-0.39, 0.29) is 16.9 Å². The number of hydrogen-bond donors (Lipinski definition) is 3. The van der Waals surface area contributed by atoms with Crippen molar-refractivity contribution in [2.75, 3.05) is 12.5 Å². The summed E-state index contributed by atoms with van der Waals surface area (Å²) in [6.45, 7) is 0. The lowest BCUT2D eigenvalue weighted by Gasteiger charge is -2.34. The molecule has 2 aromatic carbocycles. The van der Waals surface area contributed by atoms with Crippen LogP contribution in [-0.2, 0) is 9.53 Å². The number of non-ortho nitro benzene ring substituents is 1. The maximum absolute atomic E-state index is 13.9. The van der Waals surface area contributed by atoms with Crippen LogP contribution in [0.2, 0.25) is 0 Å². The average Bonchev–Trinajstić information content (AvgIpc) is 2.70. The van der Waals surface area contributed by atoms with Gasteiger partial charge < -0.3 is 15.5 Å². The van der Waals surface area contributed by atoms with Gasteiger partial charge in [-0.05, 0) is 24.3 Å². The first-order valence-electron chi connectivity index (χ1n) is 7.91. The van der Waals surface area contributed by atoms with Gasteiger partial charge in [-0.25, -0.2) is 4.79 Å². The summed E-state index contributed by atoms with van der Waals surface area (Å²) in [7, 11) is 0.727. The number of rotatable bonds is 7. The van der Waals surface area contributed by atoms with E-state index in [0.717, 1.165) is 31.4 Å². The van der Waals surface area contributed by atoms with Gasteiger partial charge in [0.15, 0.2) is 0 Å². The number of esters is 1. The zero-order valence-electron chi connectivity index (χ0n) is 14.8. The van der Waals surface area contributed by atoms with Crippen molar-refractivity contribution in [2.24, 2.45) is 0 Å². The van der Waals surface area contributed by atoms with Crippen LogP contribution < -0.4 is 16.2 Å². The Hall–Kier alpha value is -3.67. The van der Waals surface area contributed by atoms with Crippen LogP contribution in [-0.4, -0.2) is 35.7 Å². The molecule has 0 spiro atoms. The molecule has 0 aliphatic carbocycles. The van der Waals surface area contributed by atoms with Crippen LogP contribution in [0.25, 0.3) is 0 Å². The third-order valence-corrected chi connectivity index (χ3v) is 3.73. The molecule has 3 N–H and O–H groups in total. The number of alkyl halides is 3. The number of ether oxygens (including phenoxy) is 1. The summed E-state index contributed by atoms with van der Waals surface area (Å²) in [5.41, 5.74) is -0.234. The number of amides is 1. The largest absolute Gasteiger partial charge is 0.466 e. The molecule has 0 saturated heterocycles. The number of methoxy groups -OCH3 is 1. The fraction of sp³-hybridized carbons (Fsp3) is 0.176. The van der Waals surface area contributed by atoms with E-state index in [1.54, 1.807) is 16.8 Å². The molecule has 0 heterocycles. The van der Waals surface area contributed by atoms with Crippen molar-refractivity contribution in [3.05, 3.63) is 70.3 Å². The first-order chi connectivity index (χ1) is 13.6. The highest BCUT2D eigenvalue weighted by Crippen LogP contribution is 2.30. The van der Waals surface area contributed by atoms with Crippen LogP contribution >= 0.6 is 0 Å². The second-order valence-electron chi connectivity index (χ2n) is 5.61. The Bertz CT molecular complexity index is 890. The molecule has 0 aromatic heterocycles. The Morgan fingerprint density at radius 1 is 1.03 bits per heavy atom. The monoisotopic (exact) mass is 412 g/mol. The number of nitrogens with zero attached hydrogens (tertiary/aromatic N) is 1. The number of hydrazine groups is 1. The van der Waals surface area contributed by atoms with Gasteiger partial charge in [-0.3, -0.25) is 14.9 Å². The normalized spacial score (nSPS) is 13.1. The Morgan fingerprint density at radius 3 is 2.10 bits per heavy atom. The van der Waals surface area contributed by atoms with E-state index in [4.69, 9.17) is 0 Å².